The van der Waals surface area contributed by atoms with E-state index in [-0.39, 0.29) is 17.4 Å². The van der Waals surface area contributed by atoms with Crippen LogP contribution in [0, 0.1) is 0 Å². The van der Waals surface area contributed by atoms with Gasteiger partial charge in [0, 0.05) is 30.6 Å². The fourth-order valence-electron chi connectivity index (χ4n) is 3.99. The van der Waals surface area contributed by atoms with Gasteiger partial charge in [0.15, 0.2) is 0 Å². The van der Waals surface area contributed by atoms with E-state index >= 15 is 0 Å². The van der Waals surface area contributed by atoms with E-state index in [1.54, 1.807) is 30.6 Å². The molecule has 0 aliphatic carbocycles. The number of carbonyl (C=O) groups is 2. The highest BCUT2D eigenvalue weighted by molar-refractivity contribution is 7.08. The van der Waals surface area contributed by atoms with Crippen LogP contribution in [0.5, 0.6) is 5.75 Å². The predicted molar refractivity (Wildman–Crippen MR) is 106 cm³/mol. The van der Waals surface area contributed by atoms with Crippen molar-refractivity contribution in [2.75, 3.05) is 45.2 Å². The zero-order chi connectivity index (χ0) is 19.0. The van der Waals surface area contributed by atoms with E-state index in [1.165, 1.54) is 0 Å². The van der Waals surface area contributed by atoms with Crippen LogP contribution in [-0.2, 0) is 4.79 Å². The van der Waals surface area contributed by atoms with Crippen LogP contribution in [0.15, 0.2) is 41.1 Å². The van der Waals surface area contributed by atoms with Crippen LogP contribution in [0.1, 0.15) is 16.8 Å². The largest absolute Gasteiger partial charge is 0.497 e. The molecule has 2 aromatic rings. The maximum atomic E-state index is 12.9. The van der Waals surface area contributed by atoms with E-state index in [0.29, 0.717) is 31.7 Å². The molecule has 0 bridgehead atoms. The number of methoxy groups -OCH3 is 1. The summed E-state index contributed by atoms with van der Waals surface area (Å²) in [5.74, 6) is 0.879. The van der Waals surface area contributed by atoms with Crippen molar-refractivity contribution in [2.24, 2.45) is 0 Å². The summed E-state index contributed by atoms with van der Waals surface area (Å²) in [5, 5.41) is 3.99. The van der Waals surface area contributed by atoms with Crippen molar-refractivity contribution >= 4 is 28.8 Å². The lowest BCUT2D eigenvalue weighted by Gasteiger charge is -2.46. The average Bonchev–Trinajstić information content (AvgIpc) is 3.35. The molecular weight excluding hydrogens is 362 g/mol. The first-order valence-corrected chi connectivity index (χ1v) is 9.94. The van der Waals surface area contributed by atoms with Crippen LogP contribution < -0.4 is 9.64 Å². The van der Waals surface area contributed by atoms with Crippen molar-refractivity contribution in [3.8, 4) is 5.75 Å². The third-order valence-corrected chi connectivity index (χ3v) is 6.38. The molecule has 6 nitrogen and oxygen atoms in total. The smallest absolute Gasteiger partial charge is 0.253 e. The summed E-state index contributed by atoms with van der Waals surface area (Å²) in [7, 11) is 3.60. The van der Waals surface area contributed by atoms with Gasteiger partial charge in [-0.1, -0.05) is 0 Å². The molecule has 2 aliphatic rings. The van der Waals surface area contributed by atoms with E-state index in [4.69, 9.17) is 4.74 Å². The van der Waals surface area contributed by atoms with Gasteiger partial charge in [-0.15, -0.1) is 0 Å². The van der Waals surface area contributed by atoms with Crippen molar-refractivity contribution in [3.05, 3.63) is 46.7 Å². The molecule has 3 heterocycles. The van der Waals surface area contributed by atoms with Gasteiger partial charge in [0.1, 0.15) is 5.75 Å². The Balaban J connectivity index is 1.52. The van der Waals surface area contributed by atoms with Gasteiger partial charge in [-0.3, -0.25) is 14.5 Å². The van der Waals surface area contributed by atoms with Crippen LogP contribution in [0.2, 0.25) is 0 Å². The van der Waals surface area contributed by atoms with Crippen molar-refractivity contribution in [3.63, 3.8) is 0 Å². The van der Waals surface area contributed by atoms with E-state index in [0.717, 1.165) is 17.9 Å². The number of nitrogens with zero attached hydrogens (tertiary/aromatic N) is 3. The number of likely N-dealkylation sites (N-methyl/N-ethyl adjacent to an activating group) is 1. The second-order valence-electron chi connectivity index (χ2n) is 7.25. The number of ether oxygens (including phenoxy) is 1. The number of rotatable bonds is 3. The molecule has 2 fully saturated rings. The lowest BCUT2D eigenvalue weighted by Crippen LogP contribution is -2.64. The quantitative estimate of drug-likeness (QED) is 0.814. The molecule has 7 heteroatoms. The molecule has 2 aliphatic heterocycles. The van der Waals surface area contributed by atoms with Crippen molar-refractivity contribution < 1.29 is 14.3 Å². The van der Waals surface area contributed by atoms with E-state index in [9.17, 15) is 9.59 Å². The fourth-order valence-corrected chi connectivity index (χ4v) is 4.63. The Morgan fingerprint density at radius 1 is 1.19 bits per heavy atom. The highest BCUT2D eigenvalue weighted by atomic mass is 32.1. The summed E-state index contributed by atoms with van der Waals surface area (Å²) in [6, 6.07) is 9.21. The monoisotopic (exact) mass is 385 g/mol. The van der Waals surface area contributed by atoms with E-state index in [2.05, 4.69) is 4.90 Å². The summed E-state index contributed by atoms with van der Waals surface area (Å²) in [6.45, 7) is 2.31. The van der Waals surface area contributed by atoms with Crippen LogP contribution >= 0.6 is 11.3 Å². The minimum absolute atomic E-state index is 0.0295. The Morgan fingerprint density at radius 3 is 2.63 bits per heavy atom. The van der Waals surface area contributed by atoms with Crippen molar-refractivity contribution in [1.29, 1.82) is 0 Å². The first-order chi connectivity index (χ1) is 13.0. The second-order valence-corrected chi connectivity index (χ2v) is 8.03. The van der Waals surface area contributed by atoms with Crippen molar-refractivity contribution in [1.82, 2.24) is 9.80 Å². The third kappa shape index (κ3) is 3.21. The Bertz CT molecular complexity index is 837. The topological polar surface area (TPSA) is 53.1 Å². The fraction of sp³-hybridized carbons (Fsp3) is 0.400. The Labute approximate surface area is 162 Å². The summed E-state index contributed by atoms with van der Waals surface area (Å²) >= 11 is 1.59. The zero-order valence-corrected chi connectivity index (χ0v) is 16.4. The minimum atomic E-state index is -0.196. The van der Waals surface area contributed by atoms with Gasteiger partial charge in [-0.2, -0.15) is 11.3 Å². The number of anilines is 1. The molecule has 1 aromatic carbocycles. The van der Waals surface area contributed by atoms with Crippen LogP contribution in [0.25, 0.3) is 0 Å². The number of carbonyl (C=O) groups excluding carboxylic acids is 2. The predicted octanol–water partition coefficient (Wildman–Crippen LogP) is 2.32. The van der Waals surface area contributed by atoms with Crippen molar-refractivity contribution in [2.45, 2.75) is 12.0 Å². The standard InChI is InChI=1S/C20H23N3O3S/c1-21-11-18(24)23(16-7-10-27-12-16)14-20(21)8-9-22(13-20)19(25)15-3-5-17(26-2)6-4-15/h3-7,10,12H,8-9,11,13-14H2,1-2H3. The Morgan fingerprint density at radius 2 is 1.96 bits per heavy atom. The minimum Gasteiger partial charge on any atom is -0.497 e. The van der Waals surface area contributed by atoms with Crippen LogP contribution in [0.3, 0.4) is 0 Å². The van der Waals surface area contributed by atoms with Gasteiger partial charge >= 0.3 is 0 Å². The third-order valence-electron chi connectivity index (χ3n) is 5.71. The average molecular weight is 385 g/mol. The zero-order valence-electron chi connectivity index (χ0n) is 15.6. The summed E-state index contributed by atoms with van der Waals surface area (Å²) in [5.41, 5.74) is 1.42. The van der Waals surface area contributed by atoms with Gasteiger partial charge in [-0.25, -0.2) is 0 Å². The lowest BCUT2D eigenvalue weighted by atomic mass is 9.93. The van der Waals surface area contributed by atoms with E-state index in [1.807, 2.05) is 45.8 Å². The number of amides is 2. The van der Waals surface area contributed by atoms with Crippen LogP contribution in [0.4, 0.5) is 5.69 Å². The van der Waals surface area contributed by atoms with Gasteiger partial charge in [0.05, 0.1) is 24.9 Å². The SMILES string of the molecule is COc1ccc(C(=O)N2CCC3(C2)CN(c2ccsc2)C(=O)CN3C)cc1. The molecule has 2 saturated heterocycles. The molecule has 1 unspecified atom stereocenters. The van der Waals surface area contributed by atoms with Gasteiger partial charge in [0.2, 0.25) is 5.91 Å². The molecular formula is C20H23N3O3S. The maximum absolute atomic E-state index is 12.9. The first-order valence-electron chi connectivity index (χ1n) is 8.99. The number of likely N-dealkylation sites (tertiary alicyclic amines) is 1. The normalized spacial score (nSPS) is 23.3. The molecule has 27 heavy (non-hydrogen) atoms. The molecule has 1 atom stereocenters. The number of thiophene rings is 1. The maximum Gasteiger partial charge on any atom is 0.253 e. The molecule has 0 radical (unpaired) electrons. The van der Waals surface area contributed by atoms with Gasteiger partial charge in [-0.05, 0) is 49.2 Å². The van der Waals surface area contributed by atoms with E-state index < -0.39 is 0 Å². The molecule has 0 saturated carbocycles. The number of hydrogen-bond acceptors (Lipinski definition) is 5. The first kappa shape index (κ1) is 18.0. The second kappa shape index (κ2) is 6.98. The summed E-state index contributed by atoms with van der Waals surface area (Å²) < 4.78 is 5.17. The summed E-state index contributed by atoms with van der Waals surface area (Å²) in [6.07, 6.45) is 0.860. The molecule has 0 N–H and O–H groups in total. The molecule has 142 valence electrons. The molecule has 2 amide bonds. The highest BCUT2D eigenvalue weighted by Crippen LogP contribution is 2.34. The molecule has 4 rings (SSSR count). The number of piperazine rings is 1. The number of hydrogen-bond donors (Lipinski definition) is 0. The van der Waals surface area contributed by atoms with Crippen LogP contribution in [-0.4, -0.2) is 67.5 Å². The molecule has 1 aromatic heterocycles. The number of benzene rings is 1. The lowest BCUT2D eigenvalue weighted by molar-refractivity contribution is -0.123. The highest BCUT2D eigenvalue weighted by Gasteiger charge is 2.48. The van der Waals surface area contributed by atoms with Gasteiger partial charge < -0.3 is 14.5 Å². The molecule has 1 spiro atoms. The Kier molecular flexibility index (Phi) is 4.65. The van der Waals surface area contributed by atoms with Gasteiger partial charge in [0.25, 0.3) is 5.91 Å². The Hall–Kier alpha value is -2.38. The summed E-state index contributed by atoms with van der Waals surface area (Å²) in [4.78, 5) is 31.4.